The third-order valence-electron chi connectivity index (χ3n) is 6.78. The first kappa shape index (κ1) is 23.1. The molecule has 33 heavy (non-hydrogen) atoms. The smallest absolute Gasteiger partial charge is 0.266 e. The summed E-state index contributed by atoms with van der Waals surface area (Å²) in [5.74, 6) is -7.27. The third kappa shape index (κ3) is 4.69. The van der Waals surface area contributed by atoms with E-state index in [1.807, 2.05) is 11.9 Å². The number of halogens is 2. The molecule has 1 saturated carbocycles. The molecule has 2 amide bonds. The lowest BCUT2D eigenvalue weighted by atomic mass is 9.71. The molecule has 1 saturated heterocycles. The fourth-order valence-corrected chi connectivity index (χ4v) is 4.95. The Balaban J connectivity index is 1.68. The first-order valence-electron chi connectivity index (χ1n) is 11.0. The van der Waals surface area contributed by atoms with Crippen molar-refractivity contribution >= 4 is 17.5 Å². The Kier molecular flexibility index (Phi) is 5.86. The van der Waals surface area contributed by atoms with Gasteiger partial charge in [0.15, 0.2) is 11.3 Å². The standard InChI is InChI=1S/C23H27F2N5O3/c1-30-10-9-22(14-30)17(18(19(27)31)29-33-22)16(20(32)28-21(13-26)7-8-21)12-23(24,25)11-15-5-3-2-4-6-15/h2-6,16-17H,7-12,14H2,1H3,(H2,27,31)(H,28,32)/t16-,17?,22?/m0/s1. The summed E-state index contributed by atoms with van der Waals surface area (Å²) in [4.78, 5) is 33.2. The van der Waals surface area contributed by atoms with E-state index in [-0.39, 0.29) is 5.71 Å². The predicted molar refractivity (Wildman–Crippen MR) is 115 cm³/mol. The van der Waals surface area contributed by atoms with E-state index in [0.717, 1.165) is 0 Å². The summed E-state index contributed by atoms with van der Waals surface area (Å²) >= 11 is 0. The number of nitrogens with one attached hydrogen (secondary N) is 1. The predicted octanol–water partition coefficient (Wildman–Crippen LogP) is 1.61. The highest BCUT2D eigenvalue weighted by Crippen LogP contribution is 2.46. The largest absolute Gasteiger partial charge is 0.387 e. The van der Waals surface area contributed by atoms with Crippen molar-refractivity contribution in [1.29, 1.82) is 5.26 Å². The molecule has 2 aliphatic heterocycles. The fourth-order valence-electron chi connectivity index (χ4n) is 4.95. The number of alkyl halides is 2. The number of likely N-dealkylation sites (N-methyl/N-ethyl adjacent to an activating group) is 1. The first-order chi connectivity index (χ1) is 15.6. The maximum absolute atomic E-state index is 15.3. The summed E-state index contributed by atoms with van der Waals surface area (Å²) in [6, 6.07) is 10.3. The number of nitrogens with zero attached hydrogens (tertiary/aromatic N) is 3. The molecule has 0 radical (unpaired) electrons. The number of carbonyl (C=O) groups excluding carboxylic acids is 2. The van der Waals surface area contributed by atoms with Crippen LogP contribution in [0.15, 0.2) is 35.5 Å². The molecule has 3 N–H and O–H groups in total. The Morgan fingerprint density at radius 1 is 1.36 bits per heavy atom. The molecule has 1 aliphatic carbocycles. The Hall–Kier alpha value is -3.06. The van der Waals surface area contributed by atoms with Crippen molar-refractivity contribution in [2.75, 3.05) is 20.1 Å². The van der Waals surface area contributed by atoms with Crippen LogP contribution in [0.4, 0.5) is 8.78 Å². The normalized spacial score (nSPS) is 26.8. The van der Waals surface area contributed by atoms with E-state index in [1.165, 1.54) is 0 Å². The number of nitriles is 1. The van der Waals surface area contributed by atoms with E-state index in [2.05, 4.69) is 16.5 Å². The second-order valence-electron chi connectivity index (χ2n) is 9.47. The topological polar surface area (TPSA) is 121 Å². The van der Waals surface area contributed by atoms with Gasteiger partial charge in [-0.1, -0.05) is 35.5 Å². The molecule has 1 aromatic carbocycles. The van der Waals surface area contributed by atoms with Gasteiger partial charge in [-0.3, -0.25) is 9.59 Å². The zero-order valence-electron chi connectivity index (χ0n) is 18.4. The van der Waals surface area contributed by atoms with E-state index in [4.69, 9.17) is 10.6 Å². The van der Waals surface area contributed by atoms with Gasteiger partial charge in [-0.25, -0.2) is 8.78 Å². The number of amides is 2. The Morgan fingerprint density at radius 3 is 2.61 bits per heavy atom. The zero-order chi connectivity index (χ0) is 23.9. The molecule has 8 nitrogen and oxygen atoms in total. The number of likely N-dealkylation sites (tertiary alicyclic amines) is 1. The van der Waals surface area contributed by atoms with Crippen molar-refractivity contribution in [3.63, 3.8) is 0 Å². The van der Waals surface area contributed by atoms with Gasteiger partial charge < -0.3 is 20.8 Å². The molecule has 1 spiro atoms. The highest BCUT2D eigenvalue weighted by molar-refractivity contribution is 6.40. The van der Waals surface area contributed by atoms with Gasteiger partial charge in [0.25, 0.3) is 11.8 Å². The van der Waals surface area contributed by atoms with Crippen LogP contribution in [0.1, 0.15) is 31.2 Å². The van der Waals surface area contributed by atoms with Crippen LogP contribution in [0.3, 0.4) is 0 Å². The van der Waals surface area contributed by atoms with E-state index in [9.17, 15) is 14.9 Å². The molecule has 0 aromatic heterocycles. The van der Waals surface area contributed by atoms with Crippen LogP contribution in [0.25, 0.3) is 0 Å². The van der Waals surface area contributed by atoms with E-state index in [0.29, 0.717) is 37.9 Å². The summed E-state index contributed by atoms with van der Waals surface area (Å²) in [6.07, 6.45) is -0.0835. The molecular formula is C23H27F2N5O3. The minimum Gasteiger partial charge on any atom is -0.387 e. The molecule has 2 heterocycles. The van der Waals surface area contributed by atoms with Gasteiger partial charge >= 0.3 is 0 Å². The molecule has 0 bridgehead atoms. The lowest BCUT2D eigenvalue weighted by molar-refractivity contribution is -0.136. The van der Waals surface area contributed by atoms with Crippen LogP contribution in [0.2, 0.25) is 0 Å². The minimum atomic E-state index is -3.26. The van der Waals surface area contributed by atoms with Gasteiger partial charge in [0, 0.05) is 32.4 Å². The number of benzene rings is 1. The summed E-state index contributed by atoms with van der Waals surface area (Å²) in [5.41, 5.74) is 3.60. The maximum atomic E-state index is 15.3. The zero-order valence-corrected chi connectivity index (χ0v) is 18.4. The molecule has 2 fully saturated rings. The number of hydrogen-bond acceptors (Lipinski definition) is 6. The second-order valence-corrected chi connectivity index (χ2v) is 9.47. The summed E-state index contributed by atoms with van der Waals surface area (Å²) in [7, 11) is 1.84. The Morgan fingerprint density at radius 2 is 2.06 bits per heavy atom. The summed E-state index contributed by atoms with van der Waals surface area (Å²) < 4.78 is 30.7. The van der Waals surface area contributed by atoms with Crippen molar-refractivity contribution in [2.24, 2.45) is 22.7 Å². The van der Waals surface area contributed by atoms with Crippen LogP contribution in [-0.4, -0.2) is 59.6 Å². The van der Waals surface area contributed by atoms with E-state index in [1.54, 1.807) is 30.3 Å². The van der Waals surface area contributed by atoms with Crippen LogP contribution < -0.4 is 11.1 Å². The highest BCUT2D eigenvalue weighted by Gasteiger charge is 2.60. The number of nitrogens with two attached hydrogens (primary N) is 1. The van der Waals surface area contributed by atoms with Crippen LogP contribution in [0, 0.1) is 23.2 Å². The second kappa shape index (κ2) is 8.37. The number of primary amides is 1. The molecule has 10 heteroatoms. The molecule has 176 valence electrons. The number of carbonyl (C=O) groups is 2. The van der Waals surface area contributed by atoms with Gasteiger partial charge in [-0.05, 0) is 25.5 Å². The van der Waals surface area contributed by atoms with Gasteiger partial charge in [0.2, 0.25) is 5.91 Å². The van der Waals surface area contributed by atoms with E-state index < -0.39 is 53.6 Å². The molecular weight excluding hydrogens is 432 g/mol. The fraction of sp³-hybridized carbons (Fsp3) is 0.565. The SMILES string of the molecule is CN1CCC2(C1)ON=C(C(N)=O)C2[C@H](CC(F)(F)Cc1ccccc1)C(=O)NC1(C#N)CC1. The summed E-state index contributed by atoms with van der Waals surface area (Å²) in [5, 5.41) is 15.9. The average Bonchev–Trinajstić information content (AvgIpc) is 3.29. The Bertz CT molecular complexity index is 1010. The maximum Gasteiger partial charge on any atom is 0.266 e. The number of hydrogen-bond donors (Lipinski definition) is 2. The summed E-state index contributed by atoms with van der Waals surface area (Å²) in [6.45, 7) is 0.907. The van der Waals surface area contributed by atoms with E-state index >= 15 is 8.78 Å². The van der Waals surface area contributed by atoms with Crippen molar-refractivity contribution in [3.8, 4) is 6.07 Å². The van der Waals surface area contributed by atoms with Crippen molar-refractivity contribution < 1.29 is 23.2 Å². The molecule has 2 unspecified atom stereocenters. The van der Waals surface area contributed by atoms with Crippen LogP contribution in [-0.2, 0) is 20.8 Å². The average molecular weight is 459 g/mol. The molecule has 4 rings (SSSR count). The minimum absolute atomic E-state index is 0.206. The van der Waals surface area contributed by atoms with Crippen molar-refractivity contribution in [1.82, 2.24) is 10.2 Å². The van der Waals surface area contributed by atoms with Crippen molar-refractivity contribution in [2.45, 2.75) is 49.2 Å². The van der Waals surface area contributed by atoms with Gasteiger partial charge in [0.1, 0.15) is 5.54 Å². The van der Waals surface area contributed by atoms with Gasteiger partial charge in [-0.15, -0.1) is 0 Å². The lowest BCUT2D eigenvalue weighted by Crippen LogP contribution is -2.54. The quantitative estimate of drug-likeness (QED) is 0.612. The van der Waals surface area contributed by atoms with Crippen LogP contribution >= 0.6 is 0 Å². The Labute approximate surface area is 190 Å². The number of oxime groups is 1. The highest BCUT2D eigenvalue weighted by atomic mass is 19.3. The molecule has 3 aliphatic rings. The van der Waals surface area contributed by atoms with Gasteiger partial charge in [-0.2, -0.15) is 5.26 Å². The van der Waals surface area contributed by atoms with Gasteiger partial charge in [0.05, 0.1) is 17.9 Å². The van der Waals surface area contributed by atoms with Crippen LogP contribution in [0.5, 0.6) is 0 Å². The van der Waals surface area contributed by atoms with Crippen molar-refractivity contribution in [3.05, 3.63) is 35.9 Å². The molecule has 3 atom stereocenters. The first-order valence-corrected chi connectivity index (χ1v) is 11.0. The lowest BCUT2D eigenvalue weighted by Gasteiger charge is -2.35. The monoisotopic (exact) mass is 459 g/mol. The number of rotatable bonds is 8. The molecule has 1 aromatic rings. The third-order valence-corrected chi connectivity index (χ3v) is 6.78.